The van der Waals surface area contributed by atoms with Gasteiger partial charge in [-0.05, 0) is 55.0 Å². The average Bonchev–Trinajstić information content (AvgIpc) is 3.24. The van der Waals surface area contributed by atoms with Crippen LogP contribution in [-0.4, -0.2) is 43.7 Å². The first-order valence-corrected chi connectivity index (χ1v) is 11.9. The molecule has 1 aromatic heterocycles. The maximum absolute atomic E-state index is 12.8. The van der Waals surface area contributed by atoms with Gasteiger partial charge in [0, 0.05) is 31.0 Å². The normalized spacial score (nSPS) is 15.3. The quantitative estimate of drug-likeness (QED) is 0.622. The van der Waals surface area contributed by atoms with Crippen molar-refractivity contribution in [2.45, 2.75) is 24.2 Å². The van der Waals surface area contributed by atoms with Crippen molar-refractivity contribution in [2.24, 2.45) is 5.92 Å². The van der Waals surface area contributed by atoms with Crippen LogP contribution in [0.3, 0.4) is 0 Å². The summed E-state index contributed by atoms with van der Waals surface area (Å²) in [6.45, 7) is 1.42. The lowest BCUT2D eigenvalue weighted by Gasteiger charge is -2.31. The van der Waals surface area contributed by atoms with Crippen LogP contribution in [0.25, 0.3) is 11.3 Å². The molecule has 3 aromatic rings. The van der Waals surface area contributed by atoms with Gasteiger partial charge in [-0.25, -0.2) is 8.42 Å². The first-order valence-electron chi connectivity index (χ1n) is 10.0. The maximum atomic E-state index is 12.8. The molecule has 1 fully saturated rings. The molecule has 2 aromatic carbocycles. The molecule has 0 saturated carbocycles. The van der Waals surface area contributed by atoms with Crippen LogP contribution in [0.4, 0.5) is 0 Å². The van der Waals surface area contributed by atoms with E-state index in [9.17, 15) is 13.2 Å². The van der Waals surface area contributed by atoms with Crippen LogP contribution in [0.2, 0.25) is 0 Å². The Kier molecular flexibility index (Phi) is 5.72. The van der Waals surface area contributed by atoms with Crippen molar-refractivity contribution in [1.29, 1.82) is 0 Å². The molecule has 0 radical (unpaired) electrons. The van der Waals surface area contributed by atoms with Crippen LogP contribution in [0.15, 0.2) is 70.1 Å². The van der Waals surface area contributed by atoms with E-state index in [2.05, 4.69) is 29.4 Å². The number of carbonyl (C=O) groups excluding carboxylic acids is 1. The highest BCUT2D eigenvalue weighted by Crippen LogP contribution is 2.25. The molecular formula is C23H24N2O4S. The monoisotopic (exact) mass is 424 g/mol. The van der Waals surface area contributed by atoms with Crippen LogP contribution in [0.1, 0.15) is 28.9 Å². The molecule has 4 rings (SSSR count). The lowest BCUT2D eigenvalue weighted by atomic mass is 9.90. The third kappa shape index (κ3) is 4.62. The summed E-state index contributed by atoms with van der Waals surface area (Å²) < 4.78 is 28.5. The van der Waals surface area contributed by atoms with Gasteiger partial charge in [0.05, 0.1) is 4.90 Å². The van der Waals surface area contributed by atoms with Gasteiger partial charge in [0.1, 0.15) is 0 Å². The first kappa shape index (κ1) is 20.3. The van der Waals surface area contributed by atoms with Gasteiger partial charge in [0.2, 0.25) is 0 Å². The Balaban J connectivity index is 1.37. The number of nitrogens with zero attached hydrogens (tertiary/aromatic N) is 2. The SMILES string of the molecule is CS(=O)(=O)c1ccc(-c2cc(C(=O)N3CCC(Cc4ccccc4)CC3)no2)cc1. The summed E-state index contributed by atoms with van der Waals surface area (Å²) in [5.74, 6) is 0.894. The highest BCUT2D eigenvalue weighted by atomic mass is 32.2. The Morgan fingerprint density at radius 2 is 1.73 bits per heavy atom. The van der Waals surface area contributed by atoms with Gasteiger partial charge in [0.25, 0.3) is 5.91 Å². The number of hydrogen-bond donors (Lipinski definition) is 0. The predicted octanol–water partition coefficient (Wildman–Crippen LogP) is 3.84. The Hall–Kier alpha value is -2.93. The molecule has 1 aliphatic rings. The topological polar surface area (TPSA) is 80.5 Å². The van der Waals surface area contributed by atoms with Gasteiger partial charge >= 0.3 is 0 Å². The fraction of sp³-hybridized carbons (Fsp3) is 0.304. The number of rotatable bonds is 5. The Morgan fingerprint density at radius 3 is 2.37 bits per heavy atom. The molecule has 1 aliphatic heterocycles. The number of sulfone groups is 1. The van der Waals surface area contributed by atoms with Crippen LogP contribution in [0, 0.1) is 5.92 Å². The molecule has 1 amide bonds. The molecule has 7 heteroatoms. The molecule has 6 nitrogen and oxygen atoms in total. The van der Waals surface area contributed by atoms with Gasteiger partial charge < -0.3 is 9.42 Å². The smallest absolute Gasteiger partial charge is 0.276 e. The average molecular weight is 425 g/mol. The molecule has 2 heterocycles. The minimum atomic E-state index is -3.26. The zero-order valence-corrected chi connectivity index (χ0v) is 17.6. The van der Waals surface area contributed by atoms with Gasteiger partial charge in [0.15, 0.2) is 21.3 Å². The van der Waals surface area contributed by atoms with Gasteiger partial charge in [-0.1, -0.05) is 35.5 Å². The number of likely N-dealkylation sites (tertiary alicyclic amines) is 1. The molecule has 0 unspecified atom stereocenters. The minimum Gasteiger partial charge on any atom is -0.355 e. The molecule has 0 atom stereocenters. The third-order valence-electron chi connectivity index (χ3n) is 5.57. The van der Waals surface area contributed by atoms with E-state index in [0.29, 0.717) is 30.3 Å². The zero-order valence-electron chi connectivity index (χ0n) is 16.8. The van der Waals surface area contributed by atoms with Crippen LogP contribution in [0.5, 0.6) is 0 Å². The summed E-state index contributed by atoms with van der Waals surface area (Å²) in [5, 5.41) is 3.94. The summed E-state index contributed by atoms with van der Waals surface area (Å²) in [6.07, 6.45) is 4.15. The first-order chi connectivity index (χ1) is 14.4. The Morgan fingerprint density at radius 1 is 1.07 bits per heavy atom. The second kappa shape index (κ2) is 8.44. The summed E-state index contributed by atoms with van der Waals surface area (Å²) in [5.41, 5.74) is 2.29. The standard InChI is InChI=1S/C23H24N2O4S/c1-30(27,28)20-9-7-19(8-10-20)22-16-21(24-29-22)23(26)25-13-11-18(12-14-25)15-17-5-3-2-4-6-17/h2-10,16,18H,11-15H2,1H3. The van der Waals surface area contributed by atoms with Crippen molar-refractivity contribution in [3.8, 4) is 11.3 Å². The number of benzene rings is 2. The number of amides is 1. The zero-order chi connectivity index (χ0) is 21.1. The highest BCUT2D eigenvalue weighted by molar-refractivity contribution is 7.90. The second-order valence-electron chi connectivity index (χ2n) is 7.80. The molecule has 30 heavy (non-hydrogen) atoms. The van der Waals surface area contributed by atoms with E-state index in [4.69, 9.17) is 4.52 Å². The van der Waals surface area contributed by atoms with Crippen LogP contribution < -0.4 is 0 Å². The van der Waals surface area contributed by atoms with E-state index >= 15 is 0 Å². The summed E-state index contributed by atoms with van der Waals surface area (Å²) >= 11 is 0. The fourth-order valence-electron chi connectivity index (χ4n) is 3.83. The molecular weight excluding hydrogens is 400 g/mol. The van der Waals surface area contributed by atoms with Gasteiger partial charge in [-0.15, -0.1) is 0 Å². The Labute approximate surface area is 176 Å². The van der Waals surface area contributed by atoms with Crippen molar-refractivity contribution in [3.63, 3.8) is 0 Å². The fourth-order valence-corrected chi connectivity index (χ4v) is 4.46. The highest BCUT2D eigenvalue weighted by Gasteiger charge is 2.26. The summed E-state index contributed by atoms with van der Waals surface area (Å²) in [4.78, 5) is 14.9. The van der Waals surface area contributed by atoms with Crippen LogP contribution in [-0.2, 0) is 16.3 Å². The van der Waals surface area contributed by atoms with Crippen molar-refractivity contribution in [2.75, 3.05) is 19.3 Å². The molecule has 156 valence electrons. The second-order valence-corrected chi connectivity index (χ2v) is 9.81. The van der Waals surface area contributed by atoms with Gasteiger partial charge in [-0.2, -0.15) is 0 Å². The molecule has 0 N–H and O–H groups in total. The van der Waals surface area contributed by atoms with E-state index in [1.165, 1.54) is 17.7 Å². The number of hydrogen-bond acceptors (Lipinski definition) is 5. The molecule has 1 saturated heterocycles. The lowest BCUT2D eigenvalue weighted by molar-refractivity contribution is 0.0680. The predicted molar refractivity (Wildman–Crippen MR) is 114 cm³/mol. The molecule has 0 bridgehead atoms. The summed E-state index contributed by atoms with van der Waals surface area (Å²) in [7, 11) is -3.26. The van der Waals surface area contributed by atoms with Crippen molar-refractivity contribution in [1.82, 2.24) is 10.1 Å². The number of piperidine rings is 1. The third-order valence-corrected chi connectivity index (χ3v) is 6.69. The van der Waals surface area contributed by atoms with Gasteiger partial charge in [-0.3, -0.25) is 4.79 Å². The van der Waals surface area contributed by atoms with E-state index in [1.807, 2.05) is 11.0 Å². The minimum absolute atomic E-state index is 0.129. The number of aromatic nitrogens is 1. The lowest BCUT2D eigenvalue weighted by Crippen LogP contribution is -2.39. The van der Waals surface area contributed by atoms with E-state index < -0.39 is 9.84 Å². The van der Waals surface area contributed by atoms with Crippen LogP contribution >= 0.6 is 0 Å². The Bertz CT molecular complexity index is 1110. The number of carbonyl (C=O) groups is 1. The largest absolute Gasteiger partial charge is 0.355 e. The molecule has 0 aliphatic carbocycles. The van der Waals surface area contributed by atoms with Crippen molar-refractivity contribution < 1.29 is 17.7 Å². The van der Waals surface area contributed by atoms with Crippen molar-refractivity contribution in [3.05, 3.63) is 71.9 Å². The molecule has 0 spiro atoms. The van der Waals surface area contributed by atoms with E-state index in [0.717, 1.165) is 25.5 Å². The summed E-state index contributed by atoms with van der Waals surface area (Å²) in [6, 6.07) is 18.4. The van der Waals surface area contributed by atoms with E-state index in [-0.39, 0.29) is 16.5 Å². The van der Waals surface area contributed by atoms with E-state index in [1.54, 1.807) is 18.2 Å². The maximum Gasteiger partial charge on any atom is 0.276 e. The van der Waals surface area contributed by atoms with Crippen molar-refractivity contribution >= 4 is 15.7 Å².